The Morgan fingerprint density at radius 2 is 2.20 bits per heavy atom. The zero-order valence-electron chi connectivity index (χ0n) is 11.9. The Kier molecular flexibility index (Phi) is 4.31. The molecule has 1 aromatic rings. The van der Waals surface area contributed by atoms with Gasteiger partial charge in [-0.15, -0.1) is 0 Å². The van der Waals surface area contributed by atoms with Gasteiger partial charge in [0.2, 0.25) is 10.0 Å². The molecule has 0 bridgehead atoms. The number of nitrogens with two attached hydrogens (primary N) is 1. The zero-order valence-corrected chi connectivity index (χ0v) is 12.7. The lowest BCUT2D eigenvalue weighted by molar-refractivity contribution is 0.212. The highest BCUT2D eigenvalue weighted by molar-refractivity contribution is 7.89. The Balaban J connectivity index is 2.19. The van der Waals surface area contributed by atoms with Crippen LogP contribution in [-0.2, 0) is 10.0 Å². The van der Waals surface area contributed by atoms with Gasteiger partial charge in [0, 0.05) is 18.4 Å². The van der Waals surface area contributed by atoms with E-state index >= 15 is 0 Å². The van der Waals surface area contributed by atoms with Crippen LogP contribution in [0.5, 0.6) is 0 Å². The van der Waals surface area contributed by atoms with Crippen molar-refractivity contribution in [3.63, 3.8) is 0 Å². The molecule has 20 heavy (non-hydrogen) atoms. The van der Waals surface area contributed by atoms with Crippen LogP contribution in [0, 0.1) is 5.41 Å². The summed E-state index contributed by atoms with van der Waals surface area (Å²) >= 11 is 0. The van der Waals surface area contributed by atoms with Gasteiger partial charge in [0.25, 0.3) is 0 Å². The Morgan fingerprint density at radius 1 is 1.45 bits per heavy atom. The smallest absolute Gasteiger partial charge is 0.244 e. The quantitative estimate of drug-likeness (QED) is 0.579. The van der Waals surface area contributed by atoms with Crippen molar-refractivity contribution in [3.8, 4) is 0 Å². The largest absolute Gasteiger partial charge is 0.323 e. The molecule has 112 valence electrons. The minimum atomic E-state index is -3.61. The van der Waals surface area contributed by atoms with Crippen molar-refractivity contribution in [3.05, 3.63) is 18.5 Å². The number of anilines is 1. The van der Waals surface area contributed by atoms with Crippen molar-refractivity contribution in [2.45, 2.75) is 50.5 Å². The first-order valence-corrected chi connectivity index (χ1v) is 8.25. The van der Waals surface area contributed by atoms with E-state index in [-0.39, 0.29) is 16.4 Å². The summed E-state index contributed by atoms with van der Waals surface area (Å²) in [6.07, 6.45) is 6.69. The number of hydrogen-bond acceptors (Lipinski definition) is 5. The van der Waals surface area contributed by atoms with E-state index < -0.39 is 10.0 Å². The average molecular weight is 298 g/mol. The van der Waals surface area contributed by atoms with Gasteiger partial charge >= 0.3 is 0 Å². The Bertz CT molecular complexity index is 571. The highest BCUT2D eigenvalue weighted by Gasteiger charge is 2.31. The highest BCUT2D eigenvalue weighted by Crippen LogP contribution is 2.35. The fraction of sp³-hybridized carbons (Fsp3) is 0.615. The molecule has 0 saturated heterocycles. The number of sulfonamides is 1. The molecular formula is C13H22N4O2S. The number of nitrogen functional groups attached to an aromatic ring is 1. The van der Waals surface area contributed by atoms with Crippen LogP contribution in [0.25, 0.3) is 0 Å². The molecule has 6 nitrogen and oxygen atoms in total. The molecule has 2 rings (SSSR count). The lowest BCUT2D eigenvalue weighted by atomic mass is 9.75. The van der Waals surface area contributed by atoms with Gasteiger partial charge in [0.05, 0.1) is 5.69 Å². The molecular weight excluding hydrogens is 276 g/mol. The fourth-order valence-electron chi connectivity index (χ4n) is 2.80. The summed E-state index contributed by atoms with van der Waals surface area (Å²) in [4.78, 5) is 3.96. The molecule has 1 atom stereocenters. The third kappa shape index (κ3) is 3.47. The minimum absolute atomic E-state index is 0.0328. The second kappa shape index (κ2) is 5.67. The van der Waals surface area contributed by atoms with Crippen molar-refractivity contribution in [2.75, 3.05) is 5.43 Å². The van der Waals surface area contributed by atoms with E-state index in [4.69, 9.17) is 5.84 Å². The predicted octanol–water partition coefficient (Wildman–Crippen LogP) is 1.61. The van der Waals surface area contributed by atoms with Crippen LogP contribution in [-0.4, -0.2) is 19.4 Å². The number of nitrogens with one attached hydrogen (secondary N) is 2. The highest BCUT2D eigenvalue weighted by atomic mass is 32.2. The summed E-state index contributed by atoms with van der Waals surface area (Å²) in [5.41, 5.74) is 2.92. The fourth-order valence-corrected chi connectivity index (χ4v) is 4.18. The average Bonchev–Trinajstić information content (AvgIpc) is 2.37. The van der Waals surface area contributed by atoms with Crippen LogP contribution in [0.2, 0.25) is 0 Å². The van der Waals surface area contributed by atoms with Gasteiger partial charge in [0.15, 0.2) is 0 Å². The molecule has 4 N–H and O–H groups in total. The summed E-state index contributed by atoms with van der Waals surface area (Å²) in [6.45, 7) is 4.34. The van der Waals surface area contributed by atoms with Crippen molar-refractivity contribution in [1.82, 2.24) is 9.71 Å². The van der Waals surface area contributed by atoms with Crippen LogP contribution in [0.15, 0.2) is 23.4 Å². The van der Waals surface area contributed by atoms with Gasteiger partial charge in [-0.05, 0) is 30.7 Å². The SMILES string of the molecule is CC1(C)CCCC(NS(=O)(=O)c2cnccc2NN)C1. The van der Waals surface area contributed by atoms with E-state index in [0.29, 0.717) is 5.69 Å². The third-order valence-corrected chi connectivity index (χ3v) is 5.30. The van der Waals surface area contributed by atoms with E-state index in [0.717, 1.165) is 25.7 Å². The third-order valence-electron chi connectivity index (χ3n) is 3.76. The maximum absolute atomic E-state index is 12.4. The number of hydrazine groups is 1. The molecule has 1 aromatic heterocycles. The molecule has 0 aromatic carbocycles. The van der Waals surface area contributed by atoms with Gasteiger partial charge in [0.1, 0.15) is 4.90 Å². The summed E-state index contributed by atoms with van der Waals surface area (Å²) in [6, 6.07) is 1.51. The maximum Gasteiger partial charge on any atom is 0.244 e. The summed E-state index contributed by atoms with van der Waals surface area (Å²) in [5, 5.41) is 0. The van der Waals surface area contributed by atoms with Crippen LogP contribution in [0.3, 0.4) is 0 Å². The second-order valence-corrected chi connectivity index (χ2v) is 7.78. The van der Waals surface area contributed by atoms with Gasteiger partial charge in [-0.3, -0.25) is 10.8 Å². The molecule has 1 aliphatic rings. The van der Waals surface area contributed by atoms with E-state index in [2.05, 4.69) is 29.0 Å². The Labute approximate surface area is 120 Å². The van der Waals surface area contributed by atoms with Crippen LogP contribution in [0.1, 0.15) is 39.5 Å². The molecule has 1 fully saturated rings. The number of rotatable bonds is 4. The van der Waals surface area contributed by atoms with Crippen molar-refractivity contribution >= 4 is 15.7 Å². The van der Waals surface area contributed by atoms with Crippen LogP contribution >= 0.6 is 0 Å². The van der Waals surface area contributed by atoms with Crippen LogP contribution in [0.4, 0.5) is 5.69 Å². The topological polar surface area (TPSA) is 97.1 Å². The van der Waals surface area contributed by atoms with E-state index in [1.165, 1.54) is 12.4 Å². The summed E-state index contributed by atoms with van der Waals surface area (Å²) in [7, 11) is -3.61. The molecule has 0 radical (unpaired) electrons. The van der Waals surface area contributed by atoms with E-state index in [1.807, 2.05) is 0 Å². The predicted molar refractivity (Wildman–Crippen MR) is 78.4 cm³/mol. The summed E-state index contributed by atoms with van der Waals surface area (Å²) in [5.74, 6) is 5.35. The molecule has 1 heterocycles. The standard InChI is InChI=1S/C13H22N4O2S/c1-13(2)6-3-4-10(8-13)17-20(18,19)12-9-15-7-5-11(12)16-14/h5,7,9-10,17H,3-4,6,8,14H2,1-2H3,(H,15,16). The monoisotopic (exact) mass is 298 g/mol. The van der Waals surface area contributed by atoms with Crippen molar-refractivity contribution < 1.29 is 8.42 Å². The molecule has 0 amide bonds. The van der Waals surface area contributed by atoms with Crippen LogP contribution < -0.4 is 16.0 Å². The lowest BCUT2D eigenvalue weighted by Crippen LogP contribution is -2.40. The number of nitrogens with zero attached hydrogens (tertiary/aromatic N) is 1. The molecule has 0 spiro atoms. The van der Waals surface area contributed by atoms with Gasteiger partial charge < -0.3 is 5.43 Å². The number of pyridine rings is 1. The molecule has 1 unspecified atom stereocenters. The zero-order chi connectivity index (χ0) is 14.8. The normalized spacial score (nSPS) is 22.4. The maximum atomic E-state index is 12.4. The second-order valence-electron chi connectivity index (χ2n) is 6.09. The first-order valence-electron chi connectivity index (χ1n) is 6.77. The molecule has 7 heteroatoms. The minimum Gasteiger partial charge on any atom is -0.323 e. The number of hydrogen-bond donors (Lipinski definition) is 3. The lowest BCUT2D eigenvalue weighted by Gasteiger charge is -2.35. The number of aromatic nitrogens is 1. The van der Waals surface area contributed by atoms with E-state index in [1.54, 1.807) is 6.07 Å². The van der Waals surface area contributed by atoms with E-state index in [9.17, 15) is 8.42 Å². The molecule has 0 aliphatic heterocycles. The first-order chi connectivity index (χ1) is 9.34. The molecule has 1 aliphatic carbocycles. The van der Waals surface area contributed by atoms with Gasteiger partial charge in [-0.25, -0.2) is 13.1 Å². The van der Waals surface area contributed by atoms with Crippen molar-refractivity contribution in [1.29, 1.82) is 0 Å². The van der Waals surface area contributed by atoms with Gasteiger partial charge in [-0.2, -0.15) is 0 Å². The molecule has 1 saturated carbocycles. The van der Waals surface area contributed by atoms with Crippen molar-refractivity contribution in [2.24, 2.45) is 11.3 Å². The summed E-state index contributed by atoms with van der Waals surface area (Å²) < 4.78 is 27.7. The Hall–Kier alpha value is -1.18. The van der Waals surface area contributed by atoms with Gasteiger partial charge in [-0.1, -0.05) is 20.3 Å². The Morgan fingerprint density at radius 3 is 2.85 bits per heavy atom. The first kappa shape index (κ1) is 15.2.